The maximum Gasteiger partial charge on any atom is 0.259 e. The number of quaternary nitrogens is 1. The number of aromatic nitrogens is 2. The SMILES string of the molecule is O=c1[nH]c(C[NH+]2CCC[C@@H]3CCCC[C@@H]32)nc2sc(-c3ccccc3)cc12. The molecule has 3 heterocycles. The van der Waals surface area contributed by atoms with Crippen LogP contribution in [0.15, 0.2) is 41.2 Å². The third-order valence-electron chi connectivity index (χ3n) is 6.41. The first kappa shape index (κ1) is 17.1. The van der Waals surface area contributed by atoms with Crippen LogP contribution < -0.4 is 10.5 Å². The Bertz CT molecular complexity index is 992. The second-order valence-corrected chi connectivity index (χ2v) is 9.12. The number of fused-ring (bicyclic) bond motifs is 2. The molecule has 1 saturated carbocycles. The van der Waals surface area contributed by atoms with Gasteiger partial charge in [0, 0.05) is 10.8 Å². The summed E-state index contributed by atoms with van der Waals surface area (Å²) in [4.78, 5) is 24.2. The molecule has 140 valence electrons. The van der Waals surface area contributed by atoms with Gasteiger partial charge >= 0.3 is 0 Å². The highest BCUT2D eigenvalue weighted by Crippen LogP contribution is 2.31. The van der Waals surface area contributed by atoms with Gasteiger partial charge in [-0.2, -0.15) is 0 Å². The minimum atomic E-state index is 0.00466. The number of H-pyrrole nitrogens is 1. The van der Waals surface area contributed by atoms with Crippen LogP contribution in [0.1, 0.15) is 44.3 Å². The van der Waals surface area contributed by atoms with E-state index in [2.05, 4.69) is 17.1 Å². The molecule has 1 aliphatic carbocycles. The Hall–Kier alpha value is -1.98. The lowest BCUT2D eigenvalue weighted by atomic mass is 9.78. The maximum atomic E-state index is 12.7. The van der Waals surface area contributed by atoms with Crippen LogP contribution in [0.3, 0.4) is 0 Å². The summed E-state index contributed by atoms with van der Waals surface area (Å²) in [5.41, 5.74) is 1.15. The van der Waals surface area contributed by atoms with Crippen molar-refractivity contribution in [2.24, 2.45) is 5.92 Å². The van der Waals surface area contributed by atoms with E-state index in [0.29, 0.717) is 5.39 Å². The van der Waals surface area contributed by atoms with Crippen molar-refractivity contribution in [1.29, 1.82) is 0 Å². The molecule has 5 rings (SSSR count). The van der Waals surface area contributed by atoms with E-state index >= 15 is 0 Å². The van der Waals surface area contributed by atoms with Gasteiger partial charge in [-0.3, -0.25) is 4.79 Å². The Kier molecular flexibility index (Phi) is 4.58. The molecule has 2 aromatic heterocycles. The number of nitrogens with zero attached hydrogens (tertiary/aromatic N) is 1. The van der Waals surface area contributed by atoms with Gasteiger partial charge < -0.3 is 9.88 Å². The van der Waals surface area contributed by atoms with Gasteiger partial charge in [-0.25, -0.2) is 4.98 Å². The number of likely N-dealkylation sites (tertiary alicyclic amines) is 1. The predicted octanol–water partition coefficient (Wildman–Crippen LogP) is 3.39. The third kappa shape index (κ3) is 3.34. The fraction of sp³-hybridized carbons (Fsp3) is 0.455. The summed E-state index contributed by atoms with van der Waals surface area (Å²) < 4.78 is 0. The molecule has 1 unspecified atom stereocenters. The van der Waals surface area contributed by atoms with Crippen LogP contribution in [0.25, 0.3) is 20.7 Å². The molecule has 2 aliphatic rings. The number of hydrogen-bond acceptors (Lipinski definition) is 3. The first-order valence-corrected chi connectivity index (χ1v) is 11.0. The third-order valence-corrected chi connectivity index (χ3v) is 7.49. The summed E-state index contributed by atoms with van der Waals surface area (Å²) in [6.45, 7) is 2.06. The second kappa shape index (κ2) is 7.21. The molecule has 1 aliphatic heterocycles. The topological polar surface area (TPSA) is 50.2 Å². The molecule has 3 atom stereocenters. The van der Waals surface area contributed by atoms with Crippen LogP contribution in [-0.4, -0.2) is 22.6 Å². The summed E-state index contributed by atoms with van der Waals surface area (Å²) in [5.74, 6) is 1.74. The van der Waals surface area contributed by atoms with Gasteiger partial charge in [0.2, 0.25) is 0 Å². The summed E-state index contributed by atoms with van der Waals surface area (Å²) >= 11 is 1.62. The average molecular weight is 381 g/mol. The van der Waals surface area contributed by atoms with E-state index in [9.17, 15) is 4.79 Å². The van der Waals surface area contributed by atoms with Gasteiger partial charge in [0.1, 0.15) is 11.4 Å². The molecule has 1 aromatic carbocycles. The highest BCUT2D eigenvalue weighted by molar-refractivity contribution is 7.21. The molecule has 0 bridgehead atoms. The summed E-state index contributed by atoms with van der Waals surface area (Å²) in [5, 5.41) is 0.715. The van der Waals surface area contributed by atoms with E-state index in [1.165, 1.54) is 45.1 Å². The van der Waals surface area contributed by atoms with Crippen LogP contribution in [0.5, 0.6) is 0 Å². The van der Waals surface area contributed by atoms with Crippen molar-refractivity contribution in [1.82, 2.24) is 9.97 Å². The van der Waals surface area contributed by atoms with Crippen molar-refractivity contribution < 1.29 is 4.90 Å². The molecule has 2 fully saturated rings. The molecular formula is C22H26N3OS+. The van der Waals surface area contributed by atoms with Crippen LogP contribution in [-0.2, 0) is 6.54 Å². The number of benzene rings is 1. The maximum absolute atomic E-state index is 12.7. The van der Waals surface area contributed by atoms with E-state index in [-0.39, 0.29) is 5.56 Å². The fourth-order valence-corrected chi connectivity index (χ4v) is 6.16. The Morgan fingerprint density at radius 3 is 2.81 bits per heavy atom. The van der Waals surface area contributed by atoms with Crippen molar-refractivity contribution in [2.45, 2.75) is 51.1 Å². The van der Waals surface area contributed by atoms with Crippen LogP contribution in [0.2, 0.25) is 0 Å². The van der Waals surface area contributed by atoms with Gasteiger partial charge in [-0.05, 0) is 43.7 Å². The van der Waals surface area contributed by atoms with Crippen LogP contribution >= 0.6 is 11.3 Å². The fourth-order valence-electron chi connectivity index (χ4n) is 5.11. The largest absolute Gasteiger partial charge is 0.326 e. The van der Waals surface area contributed by atoms with Gasteiger partial charge in [-0.1, -0.05) is 36.8 Å². The second-order valence-electron chi connectivity index (χ2n) is 8.09. The number of rotatable bonds is 3. The first-order valence-electron chi connectivity index (χ1n) is 10.2. The summed E-state index contributed by atoms with van der Waals surface area (Å²) in [7, 11) is 0. The van der Waals surface area contributed by atoms with Gasteiger partial charge in [0.15, 0.2) is 5.82 Å². The molecule has 1 saturated heterocycles. The summed E-state index contributed by atoms with van der Waals surface area (Å²) in [6.07, 6.45) is 8.18. The number of aromatic amines is 1. The highest BCUT2D eigenvalue weighted by Gasteiger charge is 2.36. The molecule has 2 N–H and O–H groups in total. The van der Waals surface area contributed by atoms with Crippen molar-refractivity contribution in [3.05, 3.63) is 52.6 Å². The highest BCUT2D eigenvalue weighted by atomic mass is 32.1. The Labute approximate surface area is 163 Å². The molecule has 4 nitrogen and oxygen atoms in total. The van der Waals surface area contributed by atoms with Crippen LogP contribution in [0.4, 0.5) is 0 Å². The van der Waals surface area contributed by atoms with Crippen molar-refractivity contribution in [3.63, 3.8) is 0 Å². The van der Waals surface area contributed by atoms with E-state index in [1.807, 2.05) is 24.3 Å². The zero-order chi connectivity index (χ0) is 18.2. The molecule has 0 amide bonds. The Morgan fingerprint density at radius 2 is 1.93 bits per heavy atom. The van der Waals surface area contributed by atoms with Crippen LogP contribution in [0, 0.1) is 5.92 Å². The van der Waals surface area contributed by atoms with E-state index in [4.69, 9.17) is 4.98 Å². The number of hydrogen-bond donors (Lipinski definition) is 2. The van der Waals surface area contributed by atoms with E-state index < -0.39 is 0 Å². The average Bonchev–Trinajstić information content (AvgIpc) is 3.14. The monoisotopic (exact) mass is 380 g/mol. The Morgan fingerprint density at radius 1 is 1.11 bits per heavy atom. The lowest BCUT2D eigenvalue weighted by Crippen LogP contribution is -3.16. The molecule has 27 heavy (non-hydrogen) atoms. The molecular weight excluding hydrogens is 354 g/mol. The zero-order valence-electron chi connectivity index (χ0n) is 15.5. The molecule has 3 aromatic rings. The Balaban J connectivity index is 1.45. The van der Waals surface area contributed by atoms with Crippen molar-refractivity contribution >= 4 is 21.6 Å². The zero-order valence-corrected chi connectivity index (χ0v) is 16.4. The number of thiophene rings is 1. The summed E-state index contributed by atoms with van der Waals surface area (Å²) in [6, 6.07) is 13.0. The quantitative estimate of drug-likeness (QED) is 0.732. The van der Waals surface area contributed by atoms with Gasteiger partial charge in [-0.15, -0.1) is 11.3 Å². The molecule has 5 heteroatoms. The van der Waals surface area contributed by atoms with Gasteiger partial charge in [0.05, 0.1) is 18.0 Å². The first-order chi connectivity index (χ1) is 13.3. The van der Waals surface area contributed by atoms with Gasteiger partial charge in [0.25, 0.3) is 5.56 Å². The standard InChI is InChI=1S/C22H25N3OS/c26-21-17-13-19(16-8-2-1-3-9-16)27-22(17)24-20(23-21)14-25-12-6-10-15-7-4-5-11-18(15)25/h1-3,8-9,13,15,18H,4-7,10-12,14H2,(H,23,24,26)/p+1/t15-,18-/m0/s1. The number of nitrogens with one attached hydrogen (secondary N) is 2. The lowest BCUT2D eigenvalue weighted by Gasteiger charge is -2.40. The minimum absolute atomic E-state index is 0.00466. The normalized spacial score (nSPS) is 25.4. The number of piperidine rings is 1. The van der Waals surface area contributed by atoms with E-state index in [1.54, 1.807) is 16.2 Å². The predicted molar refractivity (Wildman–Crippen MR) is 110 cm³/mol. The molecule has 0 radical (unpaired) electrons. The smallest absolute Gasteiger partial charge is 0.259 e. The van der Waals surface area contributed by atoms with Crippen molar-refractivity contribution in [3.8, 4) is 10.4 Å². The minimum Gasteiger partial charge on any atom is -0.326 e. The van der Waals surface area contributed by atoms with E-state index in [0.717, 1.165) is 39.6 Å². The lowest BCUT2D eigenvalue weighted by molar-refractivity contribution is -0.949. The van der Waals surface area contributed by atoms with Crippen molar-refractivity contribution in [2.75, 3.05) is 6.54 Å². The molecule has 0 spiro atoms.